The van der Waals surface area contributed by atoms with E-state index in [1.807, 2.05) is 24.3 Å². The Morgan fingerprint density at radius 2 is 1.68 bits per heavy atom. The molecule has 134 valence electrons. The zero-order chi connectivity index (χ0) is 18.6. The van der Waals surface area contributed by atoms with E-state index in [0.717, 1.165) is 17.8 Å². The molecular formula is C20H24F2N2O. The van der Waals surface area contributed by atoms with Crippen molar-refractivity contribution in [1.82, 2.24) is 5.32 Å². The lowest BCUT2D eigenvalue weighted by Crippen LogP contribution is -2.30. The average molecular weight is 346 g/mol. The Kier molecular flexibility index (Phi) is 5.90. The third-order valence-electron chi connectivity index (χ3n) is 4.05. The largest absolute Gasteiger partial charge is 0.325 e. The highest BCUT2D eigenvalue weighted by Gasteiger charge is 2.14. The molecule has 0 aliphatic rings. The summed E-state index contributed by atoms with van der Waals surface area (Å²) in [6.07, 6.45) is 0. The minimum absolute atomic E-state index is 0.0595. The van der Waals surface area contributed by atoms with Crippen molar-refractivity contribution >= 4 is 11.6 Å². The summed E-state index contributed by atoms with van der Waals surface area (Å²) in [6.45, 7) is 8.25. The number of hydrogen-bond donors (Lipinski definition) is 2. The van der Waals surface area contributed by atoms with E-state index in [1.54, 1.807) is 6.92 Å². The van der Waals surface area contributed by atoms with E-state index in [2.05, 4.69) is 31.4 Å². The Hall–Kier alpha value is -2.27. The molecule has 5 heteroatoms. The molecule has 2 aromatic carbocycles. The first-order chi connectivity index (χ1) is 11.7. The van der Waals surface area contributed by atoms with Crippen molar-refractivity contribution in [3.63, 3.8) is 0 Å². The maximum atomic E-state index is 13.3. The second-order valence-electron chi connectivity index (χ2n) is 7.15. The normalized spacial score (nSPS) is 12.7. The second-order valence-corrected chi connectivity index (χ2v) is 7.15. The minimum atomic E-state index is -0.894. The molecule has 0 saturated carbocycles. The number of amides is 1. The molecule has 0 aliphatic carbocycles. The molecule has 0 fully saturated rings. The molecule has 0 aliphatic heterocycles. The van der Waals surface area contributed by atoms with Crippen LogP contribution in [-0.4, -0.2) is 12.5 Å². The molecule has 2 rings (SSSR count). The monoisotopic (exact) mass is 346 g/mol. The van der Waals surface area contributed by atoms with Crippen LogP contribution in [0, 0.1) is 11.6 Å². The molecular weight excluding hydrogens is 322 g/mol. The molecule has 0 heterocycles. The van der Waals surface area contributed by atoms with Crippen LogP contribution >= 0.6 is 0 Å². The molecule has 0 spiro atoms. The van der Waals surface area contributed by atoms with Gasteiger partial charge in [-0.15, -0.1) is 0 Å². The number of benzene rings is 2. The number of halogens is 2. The van der Waals surface area contributed by atoms with E-state index < -0.39 is 11.6 Å². The van der Waals surface area contributed by atoms with Gasteiger partial charge in [0.2, 0.25) is 5.91 Å². The smallest absolute Gasteiger partial charge is 0.238 e. The molecule has 1 atom stereocenters. The van der Waals surface area contributed by atoms with Crippen LogP contribution in [0.25, 0.3) is 0 Å². The van der Waals surface area contributed by atoms with Gasteiger partial charge in [0.25, 0.3) is 0 Å². The van der Waals surface area contributed by atoms with Crippen LogP contribution in [0.4, 0.5) is 14.5 Å². The van der Waals surface area contributed by atoms with E-state index in [4.69, 9.17) is 0 Å². The van der Waals surface area contributed by atoms with Crippen molar-refractivity contribution in [2.24, 2.45) is 0 Å². The molecule has 0 radical (unpaired) electrons. The van der Waals surface area contributed by atoms with Crippen molar-refractivity contribution in [2.75, 3.05) is 11.9 Å². The third-order valence-corrected chi connectivity index (χ3v) is 4.05. The summed E-state index contributed by atoms with van der Waals surface area (Å²) in [5.41, 5.74) is 2.56. The van der Waals surface area contributed by atoms with Crippen LogP contribution in [0.3, 0.4) is 0 Å². The number of carbonyl (C=O) groups excluding carboxylic acids is 1. The summed E-state index contributed by atoms with van der Waals surface area (Å²) in [7, 11) is 0. The molecule has 0 bridgehead atoms. The summed E-state index contributed by atoms with van der Waals surface area (Å²) in [5, 5.41) is 5.81. The molecule has 25 heavy (non-hydrogen) atoms. The maximum absolute atomic E-state index is 13.3. The third kappa shape index (κ3) is 5.36. The average Bonchev–Trinajstić information content (AvgIpc) is 2.55. The molecule has 0 saturated heterocycles. The topological polar surface area (TPSA) is 41.1 Å². The number of hydrogen-bond acceptors (Lipinski definition) is 2. The van der Waals surface area contributed by atoms with Gasteiger partial charge in [-0.2, -0.15) is 0 Å². The number of carbonyl (C=O) groups is 1. The predicted molar refractivity (Wildman–Crippen MR) is 96.5 cm³/mol. The highest BCUT2D eigenvalue weighted by molar-refractivity contribution is 5.92. The van der Waals surface area contributed by atoms with Gasteiger partial charge in [0.05, 0.1) is 6.54 Å². The summed E-state index contributed by atoms with van der Waals surface area (Å²) >= 11 is 0. The van der Waals surface area contributed by atoms with E-state index >= 15 is 0 Å². The van der Waals surface area contributed by atoms with Gasteiger partial charge in [0.15, 0.2) is 11.6 Å². The first-order valence-electron chi connectivity index (χ1n) is 8.25. The molecule has 1 amide bonds. The van der Waals surface area contributed by atoms with Gasteiger partial charge in [0.1, 0.15) is 0 Å². The zero-order valence-electron chi connectivity index (χ0n) is 15.0. The van der Waals surface area contributed by atoms with Crippen molar-refractivity contribution in [1.29, 1.82) is 0 Å². The Labute approximate surface area is 147 Å². The first kappa shape index (κ1) is 19.1. The van der Waals surface area contributed by atoms with Crippen molar-refractivity contribution < 1.29 is 13.6 Å². The Morgan fingerprint density at radius 1 is 1.04 bits per heavy atom. The summed E-state index contributed by atoms with van der Waals surface area (Å²) in [5.74, 6) is -1.97. The lowest BCUT2D eigenvalue weighted by Gasteiger charge is -2.19. The predicted octanol–water partition coefficient (Wildman–Crippen LogP) is 4.55. The number of anilines is 1. The van der Waals surface area contributed by atoms with Crippen molar-refractivity contribution in [3.8, 4) is 0 Å². The fraction of sp³-hybridized carbons (Fsp3) is 0.350. The quantitative estimate of drug-likeness (QED) is 0.834. The van der Waals surface area contributed by atoms with Crippen LogP contribution in [0.1, 0.15) is 44.9 Å². The summed E-state index contributed by atoms with van der Waals surface area (Å²) in [4.78, 5) is 12.0. The summed E-state index contributed by atoms with van der Waals surface area (Å²) < 4.78 is 26.2. The molecule has 2 aromatic rings. The van der Waals surface area contributed by atoms with Gasteiger partial charge in [-0.25, -0.2) is 8.78 Å². The van der Waals surface area contributed by atoms with Gasteiger partial charge in [-0.05, 0) is 47.7 Å². The SMILES string of the molecule is C[C@@H](NCC(=O)Nc1ccc(C(C)(C)C)cc1)c1ccc(F)c(F)c1. The highest BCUT2D eigenvalue weighted by Crippen LogP contribution is 2.23. The second kappa shape index (κ2) is 7.74. The molecule has 3 nitrogen and oxygen atoms in total. The van der Waals surface area contributed by atoms with Crippen LogP contribution in [0.2, 0.25) is 0 Å². The van der Waals surface area contributed by atoms with Crippen LogP contribution < -0.4 is 10.6 Å². The van der Waals surface area contributed by atoms with Gasteiger partial charge in [-0.1, -0.05) is 39.0 Å². The van der Waals surface area contributed by atoms with E-state index in [9.17, 15) is 13.6 Å². The van der Waals surface area contributed by atoms with E-state index in [0.29, 0.717) is 5.56 Å². The van der Waals surface area contributed by atoms with Crippen molar-refractivity contribution in [2.45, 2.75) is 39.2 Å². The zero-order valence-corrected chi connectivity index (χ0v) is 15.0. The molecule has 0 aromatic heterocycles. The maximum Gasteiger partial charge on any atom is 0.238 e. The lowest BCUT2D eigenvalue weighted by atomic mass is 9.87. The van der Waals surface area contributed by atoms with E-state index in [1.165, 1.54) is 11.6 Å². The highest BCUT2D eigenvalue weighted by atomic mass is 19.2. The van der Waals surface area contributed by atoms with Crippen LogP contribution in [0.15, 0.2) is 42.5 Å². The van der Waals surface area contributed by atoms with E-state index in [-0.39, 0.29) is 23.9 Å². The van der Waals surface area contributed by atoms with Crippen LogP contribution in [-0.2, 0) is 10.2 Å². The van der Waals surface area contributed by atoms with Gasteiger partial charge in [-0.3, -0.25) is 4.79 Å². The first-order valence-corrected chi connectivity index (χ1v) is 8.25. The standard InChI is InChI=1S/C20H24F2N2O/c1-13(14-5-10-17(21)18(22)11-14)23-12-19(25)24-16-8-6-15(7-9-16)20(2,3)4/h5-11,13,23H,12H2,1-4H3,(H,24,25)/t13-/m1/s1. The number of rotatable bonds is 5. The Bertz CT molecular complexity index is 736. The molecule has 2 N–H and O–H groups in total. The Balaban J connectivity index is 1.88. The minimum Gasteiger partial charge on any atom is -0.325 e. The Morgan fingerprint density at radius 3 is 2.24 bits per heavy atom. The van der Waals surface area contributed by atoms with Crippen LogP contribution in [0.5, 0.6) is 0 Å². The van der Waals surface area contributed by atoms with Crippen molar-refractivity contribution in [3.05, 3.63) is 65.2 Å². The van der Waals surface area contributed by atoms with Gasteiger partial charge in [0, 0.05) is 11.7 Å². The molecule has 0 unspecified atom stereocenters. The lowest BCUT2D eigenvalue weighted by molar-refractivity contribution is -0.115. The number of nitrogens with one attached hydrogen (secondary N) is 2. The van der Waals surface area contributed by atoms with Gasteiger partial charge >= 0.3 is 0 Å². The summed E-state index contributed by atoms with van der Waals surface area (Å²) in [6, 6.07) is 11.2. The van der Waals surface area contributed by atoms with Gasteiger partial charge < -0.3 is 10.6 Å². The fourth-order valence-corrected chi connectivity index (χ4v) is 2.40. The fourth-order valence-electron chi connectivity index (χ4n) is 2.40.